The second-order valence-corrected chi connectivity index (χ2v) is 5.49. The standard InChI is InChI=1S/C18H19F2NO2/c1-11-4-6-15(8-12(11)2)23-10-18(22)21-13(3)16-7-5-14(19)9-17(16)20/h4-9,13H,10H2,1-3H3,(H,21,22)/t13-/m1/s1. The number of halogens is 2. The van der Waals surface area contributed by atoms with E-state index in [1.807, 2.05) is 26.0 Å². The van der Waals surface area contributed by atoms with Crippen molar-refractivity contribution in [3.8, 4) is 5.75 Å². The largest absolute Gasteiger partial charge is 0.484 e. The summed E-state index contributed by atoms with van der Waals surface area (Å²) in [4.78, 5) is 11.9. The molecule has 0 aromatic heterocycles. The fourth-order valence-corrected chi connectivity index (χ4v) is 2.17. The minimum atomic E-state index is -0.687. The highest BCUT2D eigenvalue weighted by Gasteiger charge is 2.14. The average molecular weight is 319 g/mol. The van der Waals surface area contributed by atoms with Crippen LogP contribution < -0.4 is 10.1 Å². The molecule has 122 valence electrons. The van der Waals surface area contributed by atoms with Crippen LogP contribution in [0.4, 0.5) is 8.78 Å². The molecule has 0 fully saturated rings. The number of aryl methyl sites for hydroxylation is 2. The number of rotatable bonds is 5. The molecular formula is C18H19F2NO2. The monoisotopic (exact) mass is 319 g/mol. The van der Waals surface area contributed by atoms with Crippen molar-refractivity contribution in [2.75, 3.05) is 6.61 Å². The maximum Gasteiger partial charge on any atom is 0.258 e. The zero-order valence-corrected chi connectivity index (χ0v) is 13.3. The van der Waals surface area contributed by atoms with Gasteiger partial charge in [0, 0.05) is 11.6 Å². The van der Waals surface area contributed by atoms with Crippen LogP contribution in [0.25, 0.3) is 0 Å². The highest BCUT2D eigenvalue weighted by molar-refractivity contribution is 5.78. The van der Waals surface area contributed by atoms with E-state index in [0.29, 0.717) is 5.75 Å². The van der Waals surface area contributed by atoms with Crippen molar-refractivity contribution in [3.05, 3.63) is 64.7 Å². The maximum atomic E-state index is 13.7. The molecule has 1 atom stereocenters. The van der Waals surface area contributed by atoms with Gasteiger partial charge < -0.3 is 10.1 Å². The van der Waals surface area contributed by atoms with Crippen LogP contribution >= 0.6 is 0 Å². The Bertz CT molecular complexity index is 716. The minimum absolute atomic E-state index is 0.171. The first-order valence-corrected chi connectivity index (χ1v) is 7.31. The normalized spacial score (nSPS) is 11.9. The SMILES string of the molecule is Cc1ccc(OCC(=O)N[C@H](C)c2ccc(F)cc2F)cc1C. The summed E-state index contributed by atoms with van der Waals surface area (Å²) in [5, 5.41) is 2.63. The molecule has 2 aromatic rings. The molecule has 0 aliphatic carbocycles. The van der Waals surface area contributed by atoms with Gasteiger partial charge in [0.05, 0.1) is 6.04 Å². The van der Waals surface area contributed by atoms with E-state index in [4.69, 9.17) is 4.74 Å². The summed E-state index contributed by atoms with van der Waals surface area (Å²) in [5.74, 6) is -1.11. The van der Waals surface area contributed by atoms with Crippen LogP contribution in [0.1, 0.15) is 29.7 Å². The molecule has 1 amide bonds. The molecule has 0 unspecified atom stereocenters. The Morgan fingerprint density at radius 2 is 1.87 bits per heavy atom. The lowest BCUT2D eigenvalue weighted by atomic mass is 10.1. The van der Waals surface area contributed by atoms with E-state index in [-0.39, 0.29) is 18.1 Å². The molecule has 0 aliphatic heterocycles. The molecule has 2 rings (SSSR count). The molecule has 0 spiro atoms. The molecule has 0 aliphatic rings. The van der Waals surface area contributed by atoms with Gasteiger partial charge in [0.25, 0.3) is 5.91 Å². The van der Waals surface area contributed by atoms with Crippen molar-refractivity contribution in [3.63, 3.8) is 0 Å². The summed E-state index contributed by atoms with van der Waals surface area (Å²) >= 11 is 0. The molecule has 1 N–H and O–H groups in total. The third-order valence-electron chi connectivity index (χ3n) is 3.65. The Morgan fingerprint density at radius 1 is 1.13 bits per heavy atom. The van der Waals surface area contributed by atoms with Gasteiger partial charge >= 0.3 is 0 Å². The van der Waals surface area contributed by atoms with Crippen molar-refractivity contribution >= 4 is 5.91 Å². The lowest BCUT2D eigenvalue weighted by Crippen LogP contribution is -2.31. The number of carbonyl (C=O) groups excluding carboxylic acids is 1. The fraction of sp³-hybridized carbons (Fsp3) is 0.278. The number of hydrogen-bond donors (Lipinski definition) is 1. The van der Waals surface area contributed by atoms with Gasteiger partial charge in [-0.15, -0.1) is 0 Å². The van der Waals surface area contributed by atoms with E-state index in [2.05, 4.69) is 5.32 Å². The summed E-state index contributed by atoms with van der Waals surface area (Å²) < 4.78 is 32.0. The average Bonchev–Trinajstić information content (AvgIpc) is 2.48. The van der Waals surface area contributed by atoms with E-state index in [1.54, 1.807) is 13.0 Å². The van der Waals surface area contributed by atoms with E-state index in [1.165, 1.54) is 6.07 Å². The molecule has 0 radical (unpaired) electrons. The minimum Gasteiger partial charge on any atom is -0.484 e. The maximum absolute atomic E-state index is 13.7. The van der Waals surface area contributed by atoms with Gasteiger partial charge in [-0.2, -0.15) is 0 Å². The molecule has 3 nitrogen and oxygen atoms in total. The quantitative estimate of drug-likeness (QED) is 0.909. The van der Waals surface area contributed by atoms with E-state index >= 15 is 0 Å². The van der Waals surface area contributed by atoms with Crippen LogP contribution in [-0.4, -0.2) is 12.5 Å². The Hall–Kier alpha value is -2.43. The molecule has 0 bridgehead atoms. The van der Waals surface area contributed by atoms with Crippen LogP contribution in [0.15, 0.2) is 36.4 Å². The number of hydrogen-bond acceptors (Lipinski definition) is 2. The van der Waals surface area contributed by atoms with Gasteiger partial charge in [-0.25, -0.2) is 8.78 Å². The van der Waals surface area contributed by atoms with Gasteiger partial charge in [0.1, 0.15) is 17.4 Å². The smallest absolute Gasteiger partial charge is 0.258 e. The number of carbonyl (C=O) groups is 1. The number of nitrogens with one attached hydrogen (secondary N) is 1. The van der Waals surface area contributed by atoms with E-state index in [0.717, 1.165) is 23.3 Å². The van der Waals surface area contributed by atoms with Gasteiger partial charge in [-0.3, -0.25) is 4.79 Å². The zero-order chi connectivity index (χ0) is 17.0. The summed E-state index contributed by atoms with van der Waals surface area (Å²) in [5.41, 5.74) is 2.44. The summed E-state index contributed by atoms with van der Waals surface area (Å²) in [6.07, 6.45) is 0. The second kappa shape index (κ2) is 7.22. The Morgan fingerprint density at radius 3 is 2.52 bits per heavy atom. The van der Waals surface area contributed by atoms with Crippen LogP contribution in [0, 0.1) is 25.5 Å². The van der Waals surface area contributed by atoms with Crippen molar-refractivity contribution in [2.24, 2.45) is 0 Å². The molecule has 0 heterocycles. The van der Waals surface area contributed by atoms with E-state index < -0.39 is 17.7 Å². The van der Waals surface area contributed by atoms with E-state index in [9.17, 15) is 13.6 Å². The first-order valence-electron chi connectivity index (χ1n) is 7.31. The highest BCUT2D eigenvalue weighted by Crippen LogP contribution is 2.18. The Kier molecular flexibility index (Phi) is 5.32. The lowest BCUT2D eigenvalue weighted by molar-refractivity contribution is -0.123. The van der Waals surface area contributed by atoms with Gasteiger partial charge in [0.15, 0.2) is 6.61 Å². The van der Waals surface area contributed by atoms with Gasteiger partial charge in [-0.05, 0) is 50.1 Å². The number of benzene rings is 2. The molecule has 2 aromatic carbocycles. The first kappa shape index (κ1) is 16.9. The summed E-state index contributed by atoms with van der Waals surface area (Å²) in [7, 11) is 0. The lowest BCUT2D eigenvalue weighted by Gasteiger charge is -2.15. The van der Waals surface area contributed by atoms with Crippen molar-refractivity contribution in [1.82, 2.24) is 5.32 Å². The highest BCUT2D eigenvalue weighted by atomic mass is 19.1. The second-order valence-electron chi connectivity index (χ2n) is 5.49. The predicted molar refractivity (Wildman–Crippen MR) is 84.3 cm³/mol. The number of ether oxygens (including phenoxy) is 1. The molecule has 0 saturated heterocycles. The van der Waals surface area contributed by atoms with Crippen molar-refractivity contribution in [2.45, 2.75) is 26.8 Å². The zero-order valence-electron chi connectivity index (χ0n) is 13.3. The molecule has 0 saturated carbocycles. The molecular weight excluding hydrogens is 300 g/mol. The number of amides is 1. The summed E-state index contributed by atoms with van der Waals surface area (Å²) in [6, 6.07) is 8.26. The van der Waals surface area contributed by atoms with Crippen molar-refractivity contribution < 1.29 is 18.3 Å². The third kappa shape index (κ3) is 4.52. The fourth-order valence-electron chi connectivity index (χ4n) is 2.17. The summed E-state index contributed by atoms with van der Waals surface area (Å²) in [6.45, 7) is 5.41. The third-order valence-corrected chi connectivity index (χ3v) is 3.65. The first-order chi connectivity index (χ1) is 10.9. The Labute approximate surface area is 134 Å². The molecule has 23 heavy (non-hydrogen) atoms. The van der Waals surface area contributed by atoms with Gasteiger partial charge in [0.2, 0.25) is 0 Å². The van der Waals surface area contributed by atoms with Gasteiger partial charge in [-0.1, -0.05) is 12.1 Å². The topological polar surface area (TPSA) is 38.3 Å². The van der Waals surface area contributed by atoms with Crippen LogP contribution in [0.2, 0.25) is 0 Å². The van der Waals surface area contributed by atoms with Crippen LogP contribution in [-0.2, 0) is 4.79 Å². The predicted octanol–water partition coefficient (Wildman–Crippen LogP) is 3.84. The van der Waals surface area contributed by atoms with Crippen molar-refractivity contribution in [1.29, 1.82) is 0 Å². The van der Waals surface area contributed by atoms with Crippen LogP contribution in [0.3, 0.4) is 0 Å². The van der Waals surface area contributed by atoms with Crippen LogP contribution in [0.5, 0.6) is 5.75 Å². The molecule has 5 heteroatoms. The Balaban J connectivity index is 1.92.